The second kappa shape index (κ2) is 6.37. The van der Waals surface area contributed by atoms with Gasteiger partial charge >= 0.3 is 0 Å². The highest BCUT2D eigenvalue weighted by atomic mass is 79.9. The highest BCUT2D eigenvalue weighted by Gasteiger charge is 2.12. The normalized spacial score (nSPS) is 10.3. The first-order valence-corrected chi connectivity index (χ1v) is 6.96. The Bertz CT molecular complexity index is 619. The summed E-state index contributed by atoms with van der Waals surface area (Å²) in [6, 6.07) is 10.7. The van der Waals surface area contributed by atoms with Gasteiger partial charge in [0.25, 0.3) is 5.91 Å². The third kappa shape index (κ3) is 3.93. The van der Waals surface area contributed by atoms with Crippen LogP contribution in [0.3, 0.4) is 0 Å². The van der Waals surface area contributed by atoms with Gasteiger partial charge in [-0.1, -0.05) is 51.3 Å². The van der Waals surface area contributed by atoms with Gasteiger partial charge in [0, 0.05) is 11.0 Å². The number of halogens is 3. The molecule has 1 aromatic heterocycles. The Balaban J connectivity index is 2.07. The van der Waals surface area contributed by atoms with Crippen molar-refractivity contribution in [3.05, 3.63) is 62.3 Å². The molecule has 0 unspecified atom stereocenters. The van der Waals surface area contributed by atoms with E-state index in [1.54, 1.807) is 6.07 Å². The summed E-state index contributed by atoms with van der Waals surface area (Å²) in [6.45, 7) is 0.392. The van der Waals surface area contributed by atoms with Crippen molar-refractivity contribution in [1.29, 1.82) is 0 Å². The lowest BCUT2D eigenvalue weighted by Crippen LogP contribution is -2.24. The van der Waals surface area contributed by atoms with Gasteiger partial charge in [0.2, 0.25) is 0 Å². The van der Waals surface area contributed by atoms with E-state index in [0.29, 0.717) is 6.54 Å². The van der Waals surface area contributed by atoms with E-state index in [1.165, 1.54) is 6.07 Å². The molecule has 0 saturated heterocycles. The molecular formula is C13H9BrCl2N2O. The zero-order chi connectivity index (χ0) is 13.8. The first-order chi connectivity index (χ1) is 9.06. The van der Waals surface area contributed by atoms with Gasteiger partial charge in [-0.25, -0.2) is 4.98 Å². The van der Waals surface area contributed by atoms with Gasteiger partial charge in [0.15, 0.2) is 0 Å². The van der Waals surface area contributed by atoms with Crippen LogP contribution in [0.25, 0.3) is 0 Å². The monoisotopic (exact) mass is 358 g/mol. The molecule has 0 bridgehead atoms. The highest BCUT2D eigenvalue weighted by Crippen LogP contribution is 2.17. The Morgan fingerprint density at radius 1 is 1.26 bits per heavy atom. The van der Waals surface area contributed by atoms with E-state index in [-0.39, 0.29) is 21.8 Å². The molecule has 0 fully saturated rings. The van der Waals surface area contributed by atoms with Crippen LogP contribution in [0, 0.1) is 0 Å². The maximum Gasteiger partial charge on any atom is 0.271 e. The molecule has 0 radical (unpaired) electrons. The molecule has 0 aliphatic rings. The summed E-state index contributed by atoms with van der Waals surface area (Å²) in [6.07, 6.45) is 0. The van der Waals surface area contributed by atoms with Crippen LogP contribution in [0.2, 0.25) is 10.2 Å². The maximum absolute atomic E-state index is 11.9. The maximum atomic E-state index is 11.9. The summed E-state index contributed by atoms with van der Waals surface area (Å²) in [5.41, 5.74) is 1.10. The van der Waals surface area contributed by atoms with Crippen molar-refractivity contribution >= 4 is 45.0 Å². The van der Waals surface area contributed by atoms with E-state index in [9.17, 15) is 4.79 Å². The Labute approximate surface area is 129 Å². The first kappa shape index (κ1) is 14.3. The number of carbonyl (C=O) groups excluding carboxylic acids is 1. The van der Waals surface area contributed by atoms with Crippen molar-refractivity contribution in [2.45, 2.75) is 6.54 Å². The largest absolute Gasteiger partial charge is 0.347 e. The minimum Gasteiger partial charge on any atom is -0.347 e. The minimum atomic E-state index is -0.354. The number of aromatic nitrogens is 1. The molecule has 19 heavy (non-hydrogen) atoms. The number of carbonyl (C=O) groups is 1. The topological polar surface area (TPSA) is 42.0 Å². The molecular weight excluding hydrogens is 351 g/mol. The molecule has 6 heteroatoms. The Kier molecular flexibility index (Phi) is 4.80. The smallest absolute Gasteiger partial charge is 0.271 e. The number of amides is 1. The van der Waals surface area contributed by atoms with Crippen molar-refractivity contribution in [3.8, 4) is 0 Å². The number of nitrogens with one attached hydrogen (secondary N) is 1. The van der Waals surface area contributed by atoms with Gasteiger partial charge in [-0.15, -0.1) is 0 Å². The molecule has 3 nitrogen and oxygen atoms in total. The van der Waals surface area contributed by atoms with E-state index in [1.807, 2.05) is 24.3 Å². The molecule has 2 aromatic rings. The zero-order valence-electron chi connectivity index (χ0n) is 9.66. The molecule has 1 heterocycles. The zero-order valence-corrected chi connectivity index (χ0v) is 12.8. The number of pyridine rings is 1. The lowest BCUT2D eigenvalue weighted by Gasteiger charge is -2.06. The molecule has 1 amide bonds. The van der Waals surface area contributed by atoms with Gasteiger partial charge in [-0.3, -0.25) is 4.79 Å². The number of nitrogens with zero attached hydrogens (tertiary/aromatic N) is 1. The van der Waals surface area contributed by atoms with Crippen LogP contribution in [0.5, 0.6) is 0 Å². The number of benzene rings is 1. The average Bonchev–Trinajstić information content (AvgIpc) is 2.39. The van der Waals surface area contributed by atoms with Crippen molar-refractivity contribution in [1.82, 2.24) is 10.3 Å². The Morgan fingerprint density at radius 2 is 2.05 bits per heavy atom. The van der Waals surface area contributed by atoms with Crippen LogP contribution in [-0.4, -0.2) is 10.9 Å². The summed E-state index contributed by atoms with van der Waals surface area (Å²) in [5, 5.41) is 3.25. The third-order valence-corrected chi connectivity index (χ3v) is 3.38. The third-order valence-electron chi connectivity index (χ3n) is 2.37. The summed E-state index contributed by atoms with van der Waals surface area (Å²) in [4.78, 5) is 15.9. The van der Waals surface area contributed by atoms with Crippen LogP contribution < -0.4 is 5.32 Å². The molecule has 0 atom stereocenters. The van der Waals surface area contributed by atoms with Crippen molar-refractivity contribution < 1.29 is 4.79 Å². The Hall–Kier alpha value is -1.10. The van der Waals surface area contributed by atoms with E-state index in [0.717, 1.165) is 10.0 Å². The molecule has 0 aliphatic heterocycles. The minimum absolute atomic E-state index is 0.129. The molecule has 2 rings (SSSR count). The molecule has 0 spiro atoms. The molecule has 1 aromatic carbocycles. The van der Waals surface area contributed by atoms with Gasteiger partial charge in [0.05, 0.1) is 5.02 Å². The Morgan fingerprint density at radius 3 is 2.79 bits per heavy atom. The van der Waals surface area contributed by atoms with E-state index >= 15 is 0 Å². The van der Waals surface area contributed by atoms with Crippen molar-refractivity contribution in [2.24, 2.45) is 0 Å². The van der Waals surface area contributed by atoms with E-state index < -0.39 is 0 Å². The van der Waals surface area contributed by atoms with Crippen LogP contribution in [0.4, 0.5) is 0 Å². The average molecular weight is 360 g/mol. The second-order valence-electron chi connectivity index (χ2n) is 3.78. The standard InChI is InChI=1S/C13H9BrCl2N2O/c14-9-3-1-2-8(6-9)7-17-13(19)12-10(15)4-5-11(16)18-12/h1-6H,7H2,(H,17,19). The van der Waals surface area contributed by atoms with E-state index in [4.69, 9.17) is 23.2 Å². The van der Waals surface area contributed by atoms with Crippen LogP contribution in [0.1, 0.15) is 16.1 Å². The van der Waals surface area contributed by atoms with Gasteiger partial charge < -0.3 is 5.32 Å². The summed E-state index contributed by atoms with van der Waals surface area (Å²) in [5.74, 6) is -0.354. The lowest BCUT2D eigenvalue weighted by molar-refractivity contribution is 0.0946. The number of hydrogen-bond acceptors (Lipinski definition) is 2. The summed E-state index contributed by atoms with van der Waals surface area (Å²) < 4.78 is 0.957. The quantitative estimate of drug-likeness (QED) is 0.839. The highest BCUT2D eigenvalue weighted by molar-refractivity contribution is 9.10. The summed E-state index contributed by atoms with van der Waals surface area (Å²) >= 11 is 15.0. The molecule has 98 valence electrons. The second-order valence-corrected chi connectivity index (χ2v) is 5.49. The van der Waals surface area contributed by atoms with Gasteiger partial charge in [0.1, 0.15) is 10.8 Å². The van der Waals surface area contributed by atoms with Crippen molar-refractivity contribution in [3.63, 3.8) is 0 Å². The van der Waals surface area contributed by atoms with Crippen LogP contribution >= 0.6 is 39.1 Å². The fraction of sp³-hybridized carbons (Fsp3) is 0.0769. The predicted octanol–water partition coefficient (Wildman–Crippen LogP) is 4.08. The lowest BCUT2D eigenvalue weighted by atomic mass is 10.2. The number of rotatable bonds is 3. The SMILES string of the molecule is O=C(NCc1cccc(Br)c1)c1nc(Cl)ccc1Cl. The molecule has 1 N–H and O–H groups in total. The number of hydrogen-bond donors (Lipinski definition) is 1. The molecule has 0 saturated carbocycles. The van der Waals surface area contributed by atoms with Crippen LogP contribution in [-0.2, 0) is 6.54 Å². The fourth-order valence-corrected chi connectivity index (χ4v) is 2.28. The molecule has 0 aliphatic carbocycles. The van der Waals surface area contributed by atoms with Gasteiger partial charge in [-0.2, -0.15) is 0 Å². The first-order valence-electron chi connectivity index (χ1n) is 5.41. The van der Waals surface area contributed by atoms with Gasteiger partial charge in [-0.05, 0) is 29.8 Å². The predicted molar refractivity (Wildman–Crippen MR) is 79.6 cm³/mol. The summed E-state index contributed by atoms with van der Waals surface area (Å²) in [7, 11) is 0. The van der Waals surface area contributed by atoms with Crippen LogP contribution in [0.15, 0.2) is 40.9 Å². The van der Waals surface area contributed by atoms with Crippen molar-refractivity contribution in [2.75, 3.05) is 0 Å². The fourth-order valence-electron chi connectivity index (χ4n) is 1.49. The van der Waals surface area contributed by atoms with E-state index in [2.05, 4.69) is 26.2 Å².